The minimum atomic E-state index is -0.502. The van der Waals surface area contributed by atoms with Gasteiger partial charge >= 0.3 is 11.8 Å². The van der Waals surface area contributed by atoms with Gasteiger partial charge in [0.25, 0.3) is 0 Å². The maximum atomic E-state index is 13.5. The Hall–Kier alpha value is -4.40. The Morgan fingerprint density at radius 3 is 2.79 bits per heavy atom. The number of pyridine rings is 1. The first-order valence-corrected chi connectivity index (χ1v) is 10.5. The number of nitrogens with one attached hydrogen (secondary N) is 1. The first kappa shape index (κ1) is 19.3. The van der Waals surface area contributed by atoms with Crippen molar-refractivity contribution in [3.8, 4) is 11.5 Å². The number of para-hydroxylation sites is 1. The van der Waals surface area contributed by atoms with Gasteiger partial charge in [-0.05, 0) is 36.4 Å². The number of H-pyrrole nitrogens is 1. The predicted octanol–water partition coefficient (Wildman–Crippen LogP) is 3.93. The van der Waals surface area contributed by atoms with E-state index in [2.05, 4.69) is 20.2 Å². The second-order valence-corrected chi connectivity index (χ2v) is 7.77. The summed E-state index contributed by atoms with van der Waals surface area (Å²) in [7, 11) is 0. The van der Waals surface area contributed by atoms with Crippen molar-refractivity contribution < 1.29 is 13.6 Å². The van der Waals surface area contributed by atoms with E-state index in [4.69, 9.17) is 9.40 Å². The fraction of sp³-hybridized carbons (Fsp3) is 0.125. The van der Waals surface area contributed by atoms with Gasteiger partial charge in [-0.3, -0.25) is 9.78 Å². The second kappa shape index (κ2) is 7.63. The number of carbonyl (C=O) groups is 1. The summed E-state index contributed by atoms with van der Waals surface area (Å²) in [5, 5.41) is 8.95. The Labute approximate surface area is 187 Å². The van der Waals surface area contributed by atoms with E-state index in [1.807, 2.05) is 36.4 Å². The van der Waals surface area contributed by atoms with Crippen molar-refractivity contribution in [2.75, 3.05) is 6.54 Å². The molecule has 1 aliphatic rings. The van der Waals surface area contributed by atoms with E-state index in [-0.39, 0.29) is 17.6 Å². The van der Waals surface area contributed by atoms with Gasteiger partial charge in [0.2, 0.25) is 5.89 Å². The number of carbonyl (C=O) groups excluding carboxylic acids is 1. The number of amides is 1. The quantitative estimate of drug-likeness (QED) is 0.456. The molecule has 1 amide bonds. The molecule has 4 heterocycles. The molecule has 0 saturated heterocycles. The summed E-state index contributed by atoms with van der Waals surface area (Å²) in [6, 6.07) is 16.9. The van der Waals surface area contributed by atoms with Crippen molar-refractivity contribution in [1.29, 1.82) is 0 Å². The number of imidazole rings is 1. The van der Waals surface area contributed by atoms with Crippen molar-refractivity contribution in [1.82, 2.24) is 30.0 Å². The largest absolute Gasteiger partial charge is 0.412 e. The molecule has 5 aromatic rings. The van der Waals surface area contributed by atoms with E-state index in [0.29, 0.717) is 24.2 Å². The number of fused-ring (bicyclic) bond motifs is 2. The molecule has 0 saturated carbocycles. The van der Waals surface area contributed by atoms with Gasteiger partial charge in [-0.25, -0.2) is 9.37 Å². The standard InChI is InChI=1S/C24H17FN6O2/c25-16-8-5-15(6-9-16)22-29-30-23(33-22)24(32)31-12-11-18-20(27-13-26-18)21(31)19-10-7-14-3-1-2-4-17(14)28-19/h1-10,13,21H,11-12H2,(H,26,27)/t21-/m1/s1. The van der Waals surface area contributed by atoms with Crippen LogP contribution in [0.25, 0.3) is 22.4 Å². The summed E-state index contributed by atoms with van der Waals surface area (Å²) >= 11 is 0. The molecule has 8 nitrogen and oxygen atoms in total. The summed E-state index contributed by atoms with van der Waals surface area (Å²) in [5.41, 5.74) is 3.78. The Kier molecular flexibility index (Phi) is 4.46. The van der Waals surface area contributed by atoms with Gasteiger partial charge < -0.3 is 14.3 Å². The molecule has 3 aromatic heterocycles. The molecule has 0 radical (unpaired) electrons. The Morgan fingerprint density at radius 1 is 1.06 bits per heavy atom. The van der Waals surface area contributed by atoms with Crippen molar-refractivity contribution in [3.63, 3.8) is 0 Å². The van der Waals surface area contributed by atoms with Gasteiger partial charge in [0.05, 0.1) is 23.2 Å². The Bertz CT molecular complexity index is 1480. The van der Waals surface area contributed by atoms with E-state index in [1.165, 1.54) is 24.3 Å². The fourth-order valence-electron chi connectivity index (χ4n) is 4.17. The lowest BCUT2D eigenvalue weighted by molar-refractivity contribution is 0.0647. The Morgan fingerprint density at radius 2 is 1.91 bits per heavy atom. The van der Waals surface area contributed by atoms with Crippen LogP contribution in [0.15, 0.2) is 71.4 Å². The molecule has 0 bridgehead atoms. The first-order chi connectivity index (χ1) is 16.2. The SMILES string of the molecule is O=C(c1nnc(-c2ccc(F)cc2)o1)N1CCc2[nH]cnc2[C@H]1c1ccc2ccccc2n1. The lowest BCUT2D eigenvalue weighted by Gasteiger charge is -2.33. The molecule has 2 aromatic carbocycles. The van der Waals surface area contributed by atoms with Crippen LogP contribution >= 0.6 is 0 Å². The summed E-state index contributed by atoms with van der Waals surface area (Å²) in [5.74, 6) is -0.775. The van der Waals surface area contributed by atoms with E-state index in [0.717, 1.165) is 22.3 Å². The third kappa shape index (κ3) is 3.34. The van der Waals surface area contributed by atoms with Gasteiger partial charge in [-0.1, -0.05) is 24.3 Å². The van der Waals surface area contributed by atoms with Crippen molar-refractivity contribution in [2.45, 2.75) is 12.5 Å². The number of benzene rings is 2. The number of aromatic amines is 1. The van der Waals surface area contributed by atoms with Gasteiger partial charge in [-0.15, -0.1) is 10.2 Å². The zero-order valence-corrected chi connectivity index (χ0v) is 17.3. The van der Waals surface area contributed by atoms with Crippen LogP contribution in [0.2, 0.25) is 0 Å². The van der Waals surface area contributed by atoms with Crippen molar-refractivity contribution in [2.24, 2.45) is 0 Å². The van der Waals surface area contributed by atoms with Crippen LogP contribution < -0.4 is 0 Å². The third-order valence-corrected chi connectivity index (χ3v) is 5.79. The summed E-state index contributed by atoms with van der Waals surface area (Å²) in [6.07, 6.45) is 2.25. The number of hydrogen-bond donors (Lipinski definition) is 1. The predicted molar refractivity (Wildman–Crippen MR) is 117 cm³/mol. The normalized spacial score (nSPS) is 15.5. The molecule has 0 fully saturated rings. The van der Waals surface area contributed by atoms with E-state index in [1.54, 1.807) is 11.2 Å². The van der Waals surface area contributed by atoms with Crippen LogP contribution in [0.5, 0.6) is 0 Å². The van der Waals surface area contributed by atoms with Crippen LogP contribution in [-0.2, 0) is 6.42 Å². The molecule has 1 atom stereocenters. The molecular weight excluding hydrogens is 423 g/mol. The molecule has 9 heteroatoms. The third-order valence-electron chi connectivity index (χ3n) is 5.79. The maximum absolute atomic E-state index is 13.5. The van der Waals surface area contributed by atoms with E-state index < -0.39 is 11.9 Å². The molecule has 0 spiro atoms. The molecule has 0 unspecified atom stereocenters. The highest BCUT2D eigenvalue weighted by Gasteiger charge is 2.37. The molecular formula is C24H17FN6O2. The monoisotopic (exact) mass is 440 g/mol. The summed E-state index contributed by atoms with van der Waals surface area (Å²) < 4.78 is 18.9. The highest BCUT2D eigenvalue weighted by Crippen LogP contribution is 2.34. The molecule has 1 aliphatic heterocycles. The van der Waals surface area contributed by atoms with Crippen LogP contribution in [0.1, 0.15) is 33.8 Å². The number of nitrogens with zero attached hydrogens (tertiary/aromatic N) is 5. The van der Waals surface area contributed by atoms with E-state index in [9.17, 15) is 9.18 Å². The number of rotatable bonds is 3. The number of halogens is 1. The van der Waals surface area contributed by atoms with Gasteiger partial charge in [0.15, 0.2) is 0 Å². The van der Waals surface area contributed by atoms with Crippen LogP contribution in [0, 0.1) is 5.82 Å². The van der Waals surface area contributed by atoms with Gasteiger partial charge in [0.1, 0.15) is 11.9 Å². The van der Waals surface area contributed by atoms with Gasteiger partial charge in [0, 0.05) is 29.6 Å². The molecule has 6 rings (SSSR count). The van der Waals surface area contributed by atoms with Crippen LogP contribution in [-0.4, -0.2) is 42.5 Å². The zero-order valence-electron chi connectivity index (χ0n) is 17.3. The zero-order chi connectivity index (χ0) is 22.4. The highest BCUT2D eigenvalue weighted by molar-refractivity contribution is 5.90. The first-order valence-electron chi connectivity index (χ1n) is 10.5. The minimum Gasteiger partial charge on any atom is -0.412 e. The molecule has 1 N–H and O–H groups in total. The average Bonchev–Trinajstić information content (AvgIpc) is 3.53. The summed E-state index contributed by atoms with van der Waals surface area (Å²) in [4.78, 5) is 27.6. The van der Waals surface area contributed by atoms with E-state index >= 15 is 0 Å². The smallest absolute Gasteiger partial charge is 0.312 e. The van der Waals surface area contributed by atoms with Crippen LogP contribution in [0.4, 0.5) is 4.39 Å². The lowest BCUT2D eigenvalue weighted by atomic mass is 9.98. The minimum absolute atomic E-state index is 0.140. The topological polar surface area (TPSA) is 101 Å². The fourth-order valence-corrected chi connectivity index (χ4v) is 4.17. The van der Waals surface area contributed by atoms with Crippen LogP contribution in [0.3, 0.4) is 0 Å². The lowest BCUT2D eigenvalue weighted by Crippen LogP contribution is -2.41. The number of aromatic nitrogens is 5. The Balaban J connectivity index is 1.39. The summed E-state index contributed by atoms with van der Waals surface area (Å²) in [6.45, 7) is 0.432. The molecule has 162 valence electrons. The second-order valence-electron chi connectivity index (χ2n) is 7.77. The molecule has 0 aliphatic carbocycles. The average molecular weight is 440 g/mol. The number of hydrogen-bond acceptors (Lipinski definition) is 6. The maximum Gasteiger partial charge on any atom is 0.312 e. The van der Waals surface area contributed by atoms with Crippen molar-refractivity contribution >= 4 is 16.8 Å². The van der Waals surface area contributed by atoms with Crippen molar-refractivity contribution in [3.05, 3.63) is 95.8 Å². The highest BCUT2D eigenvalue weighted by atomic mass is 19.1. The molecule has 33 heavy (non-hydrogen) atoms. The van der Waals surface area contributed by atoms with Gasteiger partial charge in [-0.2, -0.15) is 0 Å².